The van der Waals surface area contributed by atoms with Gasteiger partial charge in [-0.25, -0.2) is 4.98 Å². The fourth-order valence-corrected chi connectivity index (χ4v) is 5.17. The molecule has 0 spiro atoms. The van der Waals surface area contributed by atoms with E-state index in [1.54, 1.807) is 46.5 Å². The Balaban J connectivity index is 1.38. The van der Waals surface area contributed by atoms with Gasteiger partial charge in [-0.3, -0.25) is 23.7 Å². The van der Waals surface area contributed by atoms with Gasteiger partial charge in [0.15, 0.2) is 11.3 Å². The third kappa shape index (κ3) is 5.55. The van der Waals surface area contributed by atoms with Gasteiger partial charge in [0.1, 0.15) is 0 Å². The molecular weight excluding hydrogens is 535 g/mol. The van der Waals surface area contributed by atoms with Crippen LogP contribution in [0.15, 0.2) is 43.0 Å². The van der Waals surface area contributed by atoms with Gasteiger partial charge in [0.25, 0.3) is 5.91 Å². The first-order chi connectivity index (χ1) is 19.5. The minimum Gasteiger partial charge on any atom is -0.339 e. The van der Waals surface area contributed by atoms with E-state index in [9.17, 15) is 22.8 Å². The van der Waals surface area contributed by atoms with E-state index in [-0.39, 0.29) is 29.1 Å². The van der Waals surface area contributed by atoms with Gasteiger partial charge >= 0.3 is 6.18 Å². The molecule has 216 valence electrons. The lowest BCUT2D eigenvalue weighted by Crippen LogP contribution is -2.50. The van der Waals surface area contributed by atoms with Crippen LogP contribution in [-0.2, 0) is 17.4 Å². The lowest BCUT2D eigenvalue weighted by molar-refractivity contribution is -0.141. The number of fused-ring (bicyclic) bond motifs is 1. The third-order valence-corrected chi connectivity index (χ3v) is 7.42. The van der Waals surface area contributed by atoms with Crippen molar-refractivity contribution in [2.24, 2.45) is 0 Å². The maximum Gasteiger partial charge on any atom is 0.435 e. The largest absolute Gasteiger partial charge is 0.435 e. The Bertz CT molecular complexity index is 1600. The molecule has 12 heteroatoms. The van der Waals surface area contributed by atoms with Crippen LogP contribution in [0.3, 0.4) is 0 Å². The number of nitrogens with zero attached hydrogens (tertiary/aromatic N) is 7. The number of halogens is 3. The molecular formula is C29H32F3N7O2. The van der Waals surface area contributed by atoms with E-state index in [4.69, 9.17) is 0 Å². The molecule has 0 unspecified atom stereocenters. The van der Waals surface area contributed by atoms with Gasteiger partial charge < -0.3 is 9.80 Å². The molecule has 1 aliphatic rings. The number of carbonyl (C=O) groups is 2. The molecule has 9 nitrogen and oxygen atoms in total. The van der Waals surface area contributed by atoms with Crippen molar-refractivity contribution in [1.82, 2.24) is 33.9 Å². The summed E-state index contributed by atoms with van der Waals surface area (Å²) in [6.07, 6.45) is 2.17. The maximum atomic E-state index is 13.8. The monoisotopic (exact) mass is 567 g/mol. The van der Waals surface area contributed by atoms with Crippen LogP contribution in [0.2, 0.25) is 0 Å². The van der Waals surface area contributed by atoms with Crippen molar-refractivity contribution in [2.45, 2.75) is 52.8 Å². The van der Waals surface area contributed by atoms with Gasteiger partial charge in [-0.1, -0.05) is 19.1 Å². The SMILES string of the molecule is CCC(=O)N1CCN(C(=O)c2ccc(Cc3nccn4c(-c5cn(C(C)C)nc5C(F)(F)F)cnc34)cc2C)CC1. The van der Waals surface area contributed by atoms with Crippen molar-refractivity contribution in [3.05, 3.63) is 71.1 Å². The number of hydrogen-bond acceptors (Lipinski definition) is 5. The molecule has 0 bridgehead atoms. The number of hydrogen-bond donors (Lipinski definition) is 0. The normalized spacial score (nSPS) is 14.3. The number of amides is 2. The van der Waals surface area contributed by atoms with Crippen LogP contribution in [0, 0.1) is 6.92 Å². The lowest BCUT2D eigenvalue weighted by Gasteiger charge is -2.35. The van der Waals surface area contributed by atoms with Crippen molar-refractivity contribution in [2.75, 3.05) is 26.2 Å². The Hall–Kier alpha value is -4.22. The van der Waals surface area contributed by atoms with Gasteiger partial charge in [0, 0.05) is 69.2 Å². The Morgan fingerprint density at radius 3 is 2.39 bits per heavy atom. The standard InChI is InChI=1S/C29H32F3N7O2/c1-5-25(40)36-10-12-37(13-11-36)28(41)21-7-6-20(14-19(21)4)15-23-27-34-16-24(38(27)9-8-33-23)22-17-39(18(2)3)35-26(22)29(30,31)32/h6-9,14,16-18H,5,10-13,15H2,1-4H3. The molecule has 4 heterocycles. The minimum atomic E-state index is -4.62. The van der Waals surface area contributed by atoms with Crippen molar-refractivity contribution < 1.29 is 22.8 Å². The van der Waals surface area contributed by atoms with E-state index in [1.165, 1.54) is 17.1 Å². The zero-order valence-electron chi connectivity index (χ0n) is 23.4. The highest BCUT2D eigenvalue weighted by Gasteiger charge is 2.38. The van der Waals surface area contributed by atoms with Crippen molar-refractivity contribution in [3.8, 4) is 11.3 Å². The average molecular weight is 568 g/mol. The molecule has 5 rings (SSSR count). The first kappa shape index (κ1) is 28.3. The molecule has 1 saturated heterocycles. The topological polar surface area (TPSA) is 88.6 Å². The maximum absolute atomic E-state index is 13.8. The van der Waals surface area contributed by atoms with Gasteiger partial charge in [-0.2, -0.15) is 18.3 Å². The predicted octanol–water partition coefficient (Wildman–Crippen LogP) is 4.79. The summed E-state index contributed by atoms with van der Waals surface area (Å²) in [7, 11) is 0. The molecule has 0 aliphatic carbocycles. The summed E-state index contributed by atoms with van der Waals surface area (Å²) < 4.78 is 44.4. The number of imidazole rings is 1. The summed E-state index contributed by atoms with van der Waals surface area (Å²) in [6, 6.07) is 5.34. The Kier molecular flexibility index (Phi) is 7.58. The van der Waals surface area contributed by atoms with E-state index in [1.807, 2.05) is 26.0 Å². The van der Waals surface area contributed by atoms with Crippen LogP contribution in [0.4, 0.5) is 13.2 Å². The second-order valence-corrected chi connectivity index (χ2v) is 10.5. The van der Waals surface area contributed by atoms with E-state index >= 15 is 0 Å². The number of alkyl halides is 3. The highest BCUT2D eigenvalue weighted by atomic mass is 19.4. The number of carbonyl (C=O) groups excluding carboxylic acids is 2. The fourth-order valence-electron chi connectivity index (χ4n) is 5.17. The molecule has 0 saturated carbocycles. The minimum absolute atomic E-state index is 0.0468. The molecule has 3 aromatic heterocycles. The molecule has 1 aromatic carbocycles. The summed E-state index contributed by atoms with van der Waals surface area (Å²) in [4.78, 5) is 37.6. The summed E-state index contributed by atoms with van der Waals surface area (Å²) in [5.74, 6) is 0.0236. The molecule has 0 radical (unpaired) electrons. The molecule has 1 aliphatic heterocycles. The molecule has 41 heavy (non-hydrogen) atoms. The van der Waals surface area contributed by atoms with Crippen LogP contribution < -0.4 is 0 Å². The van der Waals surface area contributed by atoms with E-state index in [0.717, 1.165) is 11.1 Å². The Morgan fingerprint density at radius 2 is 1.76 bits per heavy atom. The summed E-state index contributed by atoms with van der Waals surface area (Å²) >= 11 is 0. The number of aromatic nitrogens is 5. The second kappa shape index (κ2) is 11.0. The van der Waals surface area contributed by atoms with E-state index in [0.29, 0.717) is 55.9 Å². The zero-order valence-corrected chi connectivity index (χ0v) is 23.4. The molecule has 4 aromatic rings. The van der Waals surface area contributed by atoms with Gasteiger partial charge in [0.05, 0.1) is 23.1 Å². The van der Waals surface area contributed by atoms with Crippen molar-refractivity contribution in [3.63, 3.8) is 0 Å². The predicted molar refractivity (Wildman–Crippen MR) is 146 cm³/mol. The van der Waals surface area contributed by atoms with Crippen LogP contribution in [0.1, 0.15) is 66.1 Å². The first-order valence-corrected chi connectivity index (χ1v) is 13.6. The molecule has 0 atom stereocenters. The van der Waals surface area contributed by atoms with Crippen LogP contribution >= 0.6 is 0 Å². The molecule has 0 N–H and O–H groups in total. The summed E-state index contributed by atoms with van der Waals surface area (Å²) in [5, 5.41) is 3.80. The van der Waals surface area contributed by atoms with Gasteiger partial charge in [0.2, 0.25) is 5.91 Å². The van der Waals surface area contributed by atoms with Crippen LogP contribution in [0.5, 0.6) is 0 Å². The van der Waals surface area contributed by atoms with E-state index < -0.39 is 11.9 Å². The summed E-state index contributed by atoms with van der Waals surface area (Å²) in [5.41, 5.74) is 2.62. The fraction of sp³-hybridized carbons (Fsp3) is 0.414. The number of rotatable bonds is 6. The average Bonchev–Trinajstić information content (AvgIpc) is 3.58. The third-order valence-electron chi connectivity index (χ3n) is 7.42. The Labute approximate surface area is 235 Å². The van der Waals surface area contributed by atoms with Gasteiger partial charge in [-0.05, 0) is 38.0 Å². The number of benzene rings is 1. The van der Waals surface area contributed by atoms with E-state index in [2.05, 4.69) is 15.1 Å². The van der Waals surface area contributed by atoms with Gasteiger partial charge in [-0.15, -0.1) is 0 Å². The van der Waals surface area contributed by atoms with Crippen molar-refractivity contribution >= 4 is 17.5 Å². The van der Waals surface area contributed by atoms with Crippen molar-refractivity contribution in [1.29, 1.82) is 0 Å². The summed E-state index contributed by atoms with van der Waals surface area (Å²) in [6.45, 7) is 9.28. The quantitative estimate of drug-likeness (QED) is 0.335. The Morgan fingerprint density at radius 1 is 1.05 bits per heavy atom. The lowest BCUT2D eigenvalue weighted by atomic mass is 10.0. The van der Waals surface area contributed by atoms with Crippen LogP contribution in [0.25, 0.3) is 16.9 Å². The molecule has 2 amide bonds. The second-order valence-electron chi connectivity index (χ2n) is 10.5. The first-order valence-electron chi connectivity index (χ1n) is 13.6. The molecule has 1 fully saturated rings. The highest BCUT2D eigenvalue weighted by molar-refractivity contribution is 5.96. The smallest absolute Gasteiger partial charge is 0.339 e. The van der Waals surface area contributed by atoms with Crippen LogP contribution in [-0.4, -0.2) is 71.9 Å². The zero-order chi connectivity index (χ0) is 29.5. The number of aryl methyl sites for hydroxylation is 1. The number of piperazine rings is 1. The highest BCUT2D eigenvalue weighted by Crippen LogP contribution is 2.37.